The largest absolute Gasteiger partial charge is 0.465 e. The predicted octanol–water partition coefficient (Wildman–Crippen LogP) is 5.86. The van der Waals surface area contributed by atoms with Crippen LogP contribution in [0.4, 0.5) is 0 Å². The average molecular weight is 447 g/mol. The van der Waals surface area contributed by atoms with Gasteiger partial charge in [0, 0.05) is 0 Å². The van der Waals surface area contributed by atoms with Gasteiger partial charge in [0.05, 0.1) is 12.0 Å². The average Bonchev–Trinajstić information content (AvgIpc) is 3.12. The van der Waals surface area contributed by atoms with E-state index in [2.05, 4.69) is 11.3 Å². The highest BCUT2D eigenvalue weighted by Gasteiger charge is 2.32. The molecule has 4 nitrogen and oxygen atoms in total. The zero-order chi connectivity index (χ0) is 21.2. The van der Waals surface area contributed by atoms with E-state index in [4.69, 9.17) is 11.6 Å². The molecular weight excluding hydrogens is 428 g/mol. The Bertz CT molecular complexity index is 1160. The Morgan fingerprint density at radius 2 is 1.86 bits per heavy atom. The van der Waals surface area contributed by atoms with E-state index in [1.54, 1.807) is 6.07 Å². The van der Waals surface area contributed by atoms with Crippen LogP contribution in [-0.4, -0.2) is 21.5 Å². The number of sulfone groups is 1. The molecule has 0 aliphatic heterocycles. The lowest BCUT2D eigenvalue weighted by molar-refractivity contribution is 0.0606. The van der Waals surface area contributed by atoms with Crippen LogP contribution < -0.4 is 0 Å². The molecule has 0 saturated heterocycles. The number of hydrogen-bond donors (Lipinski definition) is 0. The number of carbonyl (C=O) groups is 1. The molecule has 1 aromatic heterocycles. The Kier molecular flexibility index (Phi) is 6.27. The molecule has 7 heteroatoms. The molecule has 29 heavy (non-hydrogen) atoms. The summed E-state index contributed by atoms with van der Waals surface area (Å²) < 4.78 is 31.5. The van der Waals surface area contributed by atoms with Gasteiger partial charge in [0.2, 0.25) is 0 Å². The lowest BCUT2D eigenvalue weighted by Crippen LogP contribution is -2.13. The standard InChI is InChI=1S/C22H19ClO4S2/c1-4-19(29(25,26)20-13-18(22(24)27-3)28-21(20)23)17-12-8-11-16(14(17)2)15-9-6-5-7-10-15/h4-13,19H,1H2,2-3H3. The van der Waals surface area contributed by atoms with E-state index in [1.165, 1.54) is 19.3 Å². The fourth-order valence-corrected chi connectivity index (χ4v) is 6.69. The quantitative estimate of drug-likeness (QED) is 0.351. The van der Waals surface area contributed by atoms with Crippen LogP contribution in [0, 0.1) is 6.92 Å². The number of rotatable bonds is 6. The zero-order valence-electron chi connectivity index (χ0n) is 15.9. The molecular formula is C22H19ClO4S2. The highest BCUT2D eigenvalue weighted by atomic mass is 35.5. The van der Waals surface area contributed by atoms with Crippen molar-refractivity contribution in [2.24, 2.45) is 0 Å². The van der Waals surface area contributed by atoms with Gasteiger partial charge in [0.25, 0.3) is 0 Å². The normalized spacial score (nSPS) is 12.4. The molecule has 0 aliphatic rings. The number of hydrogen-bond acceptors (Lipinski definition) is 5. The molecule has 0 spiro atoms. The number of halogens is 1. The second-order valence-corrected chi connectivity index (χ2v) is 10.0. The molecule has 0 fully saturated rings. The van der Waals surface area contributed by atoms with Crippen molar-refractivity contribution >= 4 is 38.7 Å². The first kappa shape index (κ1) is 21.3. The highest BCUT2D eigenvalue weighted by molar-refractivity contribution is 7.92. The first-order valence-electron chi connectivity index (χ1n) is 8.70. The molecule has 0 amide bonds. The summed E-state index contributed by atoms with van der Waals surface area (Å²) in [7, 11) is -2.69. The van der Waals surface area contributed by atoms with Gasteiger partial charge in [-0.3, -0.25) is 0 Å². The lowest BCUT2D eigenvalue weighted by Gasteiger charge is -2.18. The van der Waals surface area contributed by atoms with Crippen molar-refractivity contribution in [2.75, 3.05) is 7.11 Å². The molecule has 0 radical (unpaired) electrons. The van der Waals surface area contributed by atoms with Crippen LogP contribution in [0.5, 0.6) is 0 Å². The number of carbonyl (C=O) groups excluding carboxylic acids is 1. The van der Waals surface area contributed by atoms with E-state index in [0.29, 0.717) is 5.56 Å². The maximum atomic E-state index is 13.4. The summed E-state index contributed by atoms with van der Waals surface area (Å²) in [4.78, 5) is 11.8. The van der Waals surface area contributed by atoms with Gasteiger partial charge >= 0.3 is 5.97 Å². The molecule has 0 saturated carbocycles. The summed E-state index contributed by atoms with van der Waals surface area (Å²) in [6, 6.07) is 16.6. The minimum Gasteiger partial charge on any atom is -0.465 e. The third kappa shape index (κ3) is 4.01. The van der Waals surface area contributed by atoms with Crippen molar-refractivity contribution in [3.8, 4) is 11.1 Å². The van der Waals surface area contributed by atoms with Crippen LogP contribution >= 0.6 is 22.9 Å². The predicted molar refractivity (Wildman–Crippen MR) is 117 cm³/mol. The summed E-state index contributed by atoms with van der Waals surface area (Å²) >= 11 is 7.06. The first-order valence-corrected chi connectivity index (χ1v) is 11.4. The van der Waals surface area contributed by atoms with Crippen molar-refractivity contribution in [3.63, 3.8) is 0 Å². The second-order valence-electron chi connectivity index (χ2n) is 6.33. The Balaban J connectivity index is 2.12. The minimum absolute atomic E-state index is 0.0223. The third-order valence-electron chi connectivity index (χ3n) is 4.66. The smallest absolute Gasteiger partial charge is 0.348 e. The summed E-state index contributed by atoms with van der Waals surface area (Å²) in [5.74, 6) is -0.629. The van der Waals surface area contributed by atoms with Crippen LogP contribution in [0.2, 0.25) is 4.34 Å². The van der Waals surface area contributed by atoms with Crippen molar-refractivity contribution in [1.82, 2.24) is 0 Å². The Hall–Kier alpha value is -2.41. The molecule has 150 valence electrons. The monoisotopic (exact) mass is 446 g/mol. The molecule has 3 rings (SSSR count). The van der Waals surface area contributed by atoms with Crippen LogP contribution in [0.15, 0.2) is 72.1 Å². The Labute approximate surface area is 179 Å². The molecule has 2 aromatic carbocycles. The van der Waals surface area contributed by atoms with Gasteiger partial charge in [0.1, 0.15) is 14.5 Å². The van der Waals surface area contributed by atoms with E-state index in [1.807, 2.05) is 49.4 Å². The molecule has 0 aliphatic carbocycles. The summed E-state index contributed by atoms with van der Waals surface area (Å²) in [5, 5.41) is -1.01. The number of thiophene rings is 1. The second kappa shape index (κ2) is 8.53. The van der Waals surface area contributed by atoms with Gasteiger partial charge in [-0.25, -0.2) is 13.2 Å². The summed E-state index contributed by atoms with van der Waals surface area (Å²) in [6.45, 7) is 5.64. The van der Waals surface area contributed by atoms with Gasteiger partial charge in [0.15, 0.2) is 9.84 Å². The van der Waals surface area contributed by atoms with Crippen LogP contribution in [0.1, 0.15) is 26.0 Å². The lowest BCUT2D eigenvalue weighted by atomic mass is 9.95. The van der Waals surface area contributed by atoms with Crippen LogP contribution in [0.3, 0.4) is 0 Å². The SMILES string of the molecule is C=CC(c1cccc(-c2ccccc2)c1C)S(=O)(=O)c1cc(C(=O)OC)sc1Cl. The maximum absolute atomic E-state index is 13.4. The maximum Gasteiger partial charge on any atom is 0.348 e. The fourth-order valence-electron chi connectivity index (χ4n) is 3.20. The Morgan fingerprint density at radius 3 is 2.48 bits per heavy atom. The van der Waals surface area contributed by atoms with Crippen molar-refractivity contribution < 1.29 is 17.9 Å². The topological polar surface area (TPSA) is 60.4 Å². The molecule has 3 aromatic rings. The van der Waals surface area contributed by atoms with Crippen LogP contribution in [-0.2, 0) is 14.6 Å². The number of benzene rings is 2. The first-order chi connectivity index (χ1) is 13.8. The van der Waals surface area contributed by atoms with Crippen molar-refractivity contribution in [3.05, 3.63) is 87.6 Å². The van der Waals surface area contributed by atoms with Gasteiger partial charge < -0.3 is 4.74 Å². The van der Waals surface area contributed by atoms with Gasteiger partial charge in [-0.1, -0.05) is 66.2 Å². The van der Waals surface area contributed by atoms with E-state index >= 15 is 0 Å². The van der Waals surface area contributed by atoms with E-state index in [0.717, 1.165) is 28.0 Å². The molecule has 1 atom stereocenters. The van der Waals surface area contributed by atoms with Gasteiger partial charge in [-0.2, -0.15) is 0 Å². The number of ether oxygens (including phenoxy) is 1. The van der Waals surface area contributed by atoms with Crippen molar-refractivity contribution in [1.29, 1.82) is 0 Å². The number of esters is 1. The highest BCUT2D eigenvalue weighted by Crippen LogP contribution is 2.40. The van der Waals surface area contributed by atoms with Gasteiger partial charge in [-0.05, 0) is 35.2 Å². The molecule has 1 heterocycles. The molecule has 0 N–H and O–H groups in total. The van der Waals surface area contributed by atoms with E-state index < -0.39 is 21.1 Å². The summed E-state index contributed by atoms with van der Waals surface area (Å²) in [6.07, 6.45) is 1.39. The van der Waals surface area contributed by atoms with Crippen molar-refractivity contribution in [2.45, 2.75) is 17.1 Å². The van der Waals surface area contributed by atoms with E-state index in [-0.39, 0.29) is 14.1 Å². The van der Waals surface area contributed by atoms with Crippen LogP contribution in [0.25, 0.3) is 11.1 Å². The fraction of sp³-hybridized carbons (Fsp3) is 0.136. The summed E-state index contributed by atoms with van der Waals surface area (Å²) in [5.41, 5.74) is 3.39. The molecule has 0 bridgehead atoms. The Morgan fingerprint density at radius 1 is 1.17 bits per heavy atom. The third-order valence-corrected chi connectivity index (χ3v) is 8.29. The van der Waals surface area contributed by atoms with E-state index in [9.17, 15) is 13.2 Å². The zero-order valence-corrected chi connectivity index (χ0v) is 18.3. The van der Waals surface area contributed by atoms with Gasteiger partial charge in [-0.15, -0.1) is 17.9 Å². The molecule has 1 unspecified atom stereocenters. The number of methoxy groups -OCH3 is 1. The minimum atomic E-state index is -3.92.